The van der Waals surface area contributed by atoms with Crippen molar-refractivity contribution in [3.63, 3.8) is 0 Å². The molecule has 2 N–H and O–H groups in total. The Balaban J connectivity index is 3.25. The maximum Gasteiger partial charge on any atom is 0.336 e. The number of carbonyl (C=O) groups is 1. The molecule has 0 fully saturated rings. The number of aliphatic hydroxyl groups excluding tert-OH is 1. The highest BCUT2D eigenvalue weighted by Gasteiger charge is 2.09. The van der Waals surface area contributed by atoms with Crippen LogP contribution in [-0.2, 0) is 6.61 Å². The van der Waals surface area contributed by atoms with Crippen molar-refractivity contribution >= 4 is 5.97 Å². The Morgan fingerprint density at radius 3 is 2.69 bits per heavy atom. The predicted octanol–water partition coefficient (Wildman–Crippen LogP) is 0.749. The van der Waals surface area contributed by atoms with E-state index in [2.05, 4.69) is 0 Å². The average molecular weight is 177 g/mol. The second kappa shape index (κ2) is 3.70. The number of aromatic carboxylic acids is 1. The number of nitrogens with zero attached hydrogens (tertiary/aromatic N) is 1. The van der Waals surface area contributed by atoms with E-state index < -0.39 is 5.97 Å². The van der Waals surface area contributed by atoms with Gasteiger partial charge in [-0.2, -0.15) is 5.26 Å². The highest BCUT2D eigenvalue weighted by molar-refractivity contribution is 5.89. The van der Waals surface area contributed by atoms with Gasteiger partial charge in [0.25, 0.3) is 0 Å². The Labute approximate surface area is 74.7 Å². The first-order chi connectivity index (χ1) is 6.19. The van der Waals surface area contributed by atoms with E-state index in [4.69, 9.17) is 15.5 Å². The fraction of sp³-hybridized carbons (Fsp3) is 0.111. The molecule has 0 spiro atoms. The molecule has 1 aromatic carbocycles. The maximum atomic E-state index is 10.6. The molecule has 0 aliphatic carbocycles. The molecule has 13 heavy (non-hydrogen) atoms. The molecule has 0 aliphatic heterocycles. The minimum absolute atomic E-state index is 0.0292. The summed E-state index contributed by atoms with van der Waals surface area (Å²) in [7, 11) is 0. The molecular formula is C9H7NO3. The minimum Gasteiger partial charge on any atom is -0.478 e. The van der Waals surface area contributed by atoms with Crippen LogP contribution in [0.25, 0.3) is 0 Å². The molecule has 0 saturated carbocycles. The third-order valence-corrected chi connectivity index (χ3v) is 1.64. The van der Waals surface area contributed by atoms with Gasteiger partial charge in [-0.15, -0.1) is 0 Å². The Bertz CT molecular complexity index is 379. The summed E-state index contributed by atoms with van der Waals surface area (Å²) < 4.78 is 0. The highest BCUT2D eigenvalue weighted by Crippen LogP contribution is 2.11. The SMILES string of the molecule is N#Cc1ccc(C(=O)O)c(CO)c1. The van der Waals surface area contributed by atoms with Crippen molar-refractivity contribution < 1.29 is 15.0 Å². The first-order valence-corrected chi connectivity index (χ1v) is 3.56. The van der Waals surface area contributed by atoms with Gasteiger partial charge in [0.2, 0.25) is 0 Å². The lowest BCUT2D eigenvalue weighted by Crippen LogP contribution is -2.02. The zero-order chi connectivity index (χ0) is 9.84. The fourth-order valence-electron chi connectivity index (χ4n) is 1.00. The van der Waals surface area contributed by atoms with Crippen LogP contribution in [0.15, 0.2) is 18.2 Å². The third kappa shape index (κ3) is 1.83. The van der Waals surface area contributed by atoms with E-state index in [1.54, 1.807) is 0 Å². The number of hydrogen-bond acceptors (Lipinski definition) is 3. The van der Waals surface area contributed by atoms with Gasteiger partial charge in [-0.3, -0.25) is 0 Å². The number of nitriles is 1. The van der Waals surface area contributed by atoms with E-state index >= 15 is 0 Å². The number of rotatable bonds is 2. The molecule has 0 saturated heterocycles. The van der Waals surface area contributed by atoms with Gasteiger partial charge in [0.05, 0.1) is 23.8 Å². The molecule has 0 unspecified atom stereocenters. The summed E-state index contributed by atoms with van der Waals surface area (Å²) in [5.74, 6) is -1.10. The summed E-state index contributed by atoms with van der Waals surface area (Å²) in [5.41, 5.74) is 0.627. The number of carboxylic acids is 1. The summed E-state index contributed by atoms with van der Waals surface area (Å²) in [6.07, 6.45) is 0. The lowest BCUT2D eigenvalue weighted by molar-refractivity contribution is 0.0693. The zero-order valence-electron chi connectivity index (χ0n) is 6.69. The van der Waals surface area contributed by atoms with Crippen molar-refractivity contribution in [2.75, 3.05) is 0 Å². The molecule has 0 radical (unpaired) electrons. The molecule has 1 rings (SSSR count). The largest absolute Gasteiger partial charge is 0.478 e. The first-order valence-electron chi connectivity index (χ1n) is 3.56. The normalized spacial score (nSPS) is 9.23. The lowest BCUT2D eigenvalue weighted by Gasteiger charge is -2.01. The standard InChI is InChI=1S/C9H7NO3/c10-4-6-1-2-8(9(12)13)7(3-6)5-11/h1-3,11H,5H2,(H,12,13). The van der Waals surface area contributed by atoms with Gasteiger partial charge < -0.3 is 10.2 Å². The van der Waals surface area contributed by atoms with E-state index in [0.717, 1.165) is 0 Å². The van der Waals surface area contributed by atoms with Crippen LogP contribution in [0, 0.1) is 11.3 Å². The van der Waals surface area contributed by atoms with Crippen molar-refractivity contribution in [2.45, 2.75) is 6.61 Å². The lowest BCUT2D eigenvalue weighted by atomic mass is 10.1. The number of benzene rings is 1. The molecule has 0 heterocycles. The predicted molar refractivity (Wildman–Crippen MR) is 44.0 cm³/mol. The Kier molecular flexibility index (Phi) is 2.62. The summed E-state index contributed by atoms with van der Waals surface area (Å²) in [4.78, 5) is 10.6. The van der Waals surface area contributed by atoms with Gasteiger partial charge >= 0.3 is 5.97 Å². The minimum atomic E-state index is -1.10. The quantitative estimate of drug-likeness (QED) is 0.698. The molecule has 4 nitrogen and oxygen atoms in total. The van der Waals surface area contributed by atoms with Crippen LogP contribution in [0.2, 0.25) is 0 Å². The van der Waals surface area contributed by atoms with Gasteiger partial charge in [0.1, 0.15) is 0 Å². The van der Waals surface area contributed by atoms with E-state index in [1.807, 2.05) is 6.07 Å². The van der Waals surface area contributed by atoms with Crippen molar-refractivity contribution in [3.05, 3.63) is 34.9 Å². The smallest absolute Gasteiger partial charge is 0.336 e. The molecule has 4 heteroatoms. The summed E-state index contributed by atoms with van der Waals surface area (Å²) in [5, 5.41) is 26.0. The first kappa shape index (κ1) is 9.23. The number of hydrogen-bond donors (Lipinski definition) is 2. The van der Waals surface area contributed by atoms with Crippen LogP contribution in [0.4, 0.5) is 0 Å². The summed E-state index contributed by atoms with van der Waals surface area (Å²) in [6.45, 7) is -0.378. The molecule has 0 atom stereocenters. The van der Waals surface area contributed by atoms with E-state index in [-0.39, 0.29) is 17.7 Å². The van der Waals surface area contributed by atoms with Crippen molar-refractivity contribution in [3.8, 4) is 6.07 Å². The summed E-state index contributed by atoms with van der Waals surface area (Å²) in [6, 6.07) is 5.95. The van der Waals surface area contributed by atoms with Crippen LogP contribution >= 0.6 is 0 Å². The Morgan fingerprint density at radius 1 is 1.54 bits per heavy atom. The Hall–Kier alpha value is -1.86. The van der Waals surface area contributed by atoms with Gasteiger partial charge in [-0.1, -0.05) is 0 Å². The van der Waals surface area contributed by atoms with Crippen LogP contribution in [0.1, 0.15) is 21.5 Å². The van der Waals surface area contributed by atoms with Crippen molar-refractivity contribution in [1.82, 2.24) is 0 Å². The van der Waals surface area contributed by atoms with Crippen molar-refractivity contribution in [2.24, 2.45) is 0 Å². The average Bonchev–Trinajstić information content (AvgIpc) is 2.16. The maximum absolute atomic E-state index is 10.6. The highest BCUT2D eigenvalue weighted by atomic mass is 16.4. The monoisotopic (exact) mass is 177 g/mol. The molecule has 66 valence electrons. The van der Waals surface area contributed by atoms with E-state index in [1.165, 1.54) is 18.2 Å². The van der Waals surface area contributed by atoms with Crippen LogP contribution in [0.5, 0.6) is 0 Å². The Morgan fingerprint density at radius 2 is 2.23 bits per heavy atom. The fourth-order valence-corrected chi connectivity index (χ4v) is 1.00. The second-order valence-electron chi connectivity index (χ2n) is 2.45. The van der Waals surface area contributed by atoms with Gasteiger partial charge in [0.15, 0.2) is 0 Å². The molecule has 0 amide bonds. The third-order valence-electron chi connectivity index (χ3n) is 1.64. The molecular weight excluding hydrogens is 170 g/mol. The van der Waals surface area contributed by atoms with Crippen LogP contribution in [0.3, 0.4) is 0 Å². The van der Waals surface area contributed by atoms with Crippen LogP contribution < -0.4 is 0 Å². The molecule has 0 aliphatic rings. The van der Waals surface area contributed by atoms with Crippen LogP contribution in [-0.4, -0.2) is 16.2 Å². The van der Waals surface area contributed by atoms with Gasteiger partial charge in [-0.05, 0) is 23.8 Å². The zero-order valence-corrected chi connectivity index (χ0v) is 6.69. The molecule has 0 aromatic heterocycles. The summed E-state index contributed by atoms with van der Waals surface area (Å²) >= 11 is 0. The van der Waals surface area contributed by atoms with Gasteiger partial charge in [-0.25, -0.2) is 4.79 Å². The van der Waals surface area contributed by atoms with E-state index in [0.29, 0.717) is 5.56 Å². The molecule has 0 bridgehead atoms. The van der Waals surface area contributed by atoms with Gasteiger partial charge in [0, 0.05) is 0 Å². The number of aliphatic hydroxyl groups is 1. The van der Waals surface area contributed by atoms with Crippen molar-refractivity contribution in [1.29, 1.82) is 5.26 Å². The molecule has 1 aromatic rings. The second-order valence-corrected chi connectivity index (χ2v) is 2.45. The number of carboxylic acid groups (broad SMARTS) is 1. The topological polar surface area (TPSA) is 81.3 Å². The van der Waals surface area contributed by atoms with E-state index in [9.17, 15) is 4.79 Å².